The van der Waals surface area contributed by atoms with Gasteiger partial charge in [0.2, 0.25) is 0 Å². The highest BCUT2D eigenvalue weighted by atomic mass is 35.5. The van der Waals surface area contributed by atoms with Crippen molar-refractivity contribution in [3.05, 3.63) is 83.9 Å². The number of benzene rings is 3. The zero-order chi connectivity index (χ0) is 21.1. The number of rotatable bonds is 6. The summed E-state index contributed by atoms with van der Waals surface area (Å²) < 4.78 is 26.7. The summed E-state index contributed by atoms with van der Waals surface area (Å²) in [6.45, 7) is 0. The van der Waals surface area contributed by atoms with Crippen LogP contribution in [0.25, 0.3) is 22.3 Å². The summed E-state index contributed by atoms with van der Waals surface area (Å²) in [7, 11) is 0. The minimum Gasteiger partial charge on any atom is -1.00 e. The molecule has 170 valence electrons. The van der Waals surface area contributed by atoms with E-state index in [-0.39, 0.29) is 42.2 Å². The second-order valence-electron chi connectivity index (χ2n) is 8.32. The molecule has 1 saturated carbocycles. The summed E-state index contributed by atoms with van der Waals surface area (Å²) in [6.07, 6.45) is 4.79. The summed E-state index contributed by atoms with van der Waals surface area (Å²) in [5, 5.41) is 0. The number of ketones is 1. The Morgan fingerprint density at radius 1 is 0.781 bits per heavy atom. The van der Waals surface area contributed by atoms with E-state index in [4.69, 9.17) is 0 Å². The number of hydrogen-bond acceptors (Lipinski definition) is 1. The molecule has 0 heterocycles. The predicted molar refractivity (Wildman–Crippen MR) is 115 cm³/mol. The molecule has 6 heteroatoms. The normalized spacial score (nSPS) is 17.3. The van der Waals surface area contributed by atoms with Gasteiger partial charge in [-0.15, -0.1) is 0 Å². The highest BCUT2D eigenvalue weighted by Gasteiger charge is 2.25. The molecular weight excluding hydrogens is 451 g/mol. The minimum absolute atomic E-state index is 0. The average Bonchev–Trinajstić information content (AvgIpc) is 3.18. The fourth-order valence-corrected chi connectivity index (χ4v) is 4.33. The summed E-state index contributed by atoms with van der Waals surface area (Å²) in [6, 6.07) is 18.7. The van der Waals surface area contributed by atoms with Gasteiger partial charge in [-0.2, -0.15) is 0 Å². The quantitative estimate of drug-likeness (QED) is 0.487. The van der Waals surface area contributed by atoms with Crippen LogP contribution in [0.3, 0.4) is 0 Å². The van der Waals surface area contributed by atoms with Gasteiger partial charge in [0.05, 0.1) is 6.04 Å². The Morgan fingerprint density at radius 2 is 1.28 bits per heavy atom. The van der Waals surface area contributed by atoms with E-state index < -0.39 is 0 Å². The van der Waals surface area contributed by atoms with Crippen molar-refractivity contribution >= 4 is 5.78 Å². The van der Waals surface area contributed by atoms with Gasteiger partial charge < -0.3 is 30.5 Å². The van der Waals surface area contributed by atoms with Crippen molar-refractivity contribution in [2.75, 3.05) is 0 Å². The lowest BCUT2D eigenvalue weighted by Crippen LogP contribution is -3.00. The van der Waals surface area contributed by atoms with Crippen molar-refractivity contribution < 1.29 is 44.1 Å². The molecule has 0 unspecified atom stereocenters. The highest BCUT2D eigenvalue weighted by molar-refractivity contribution is 5.98. The van der Waals surface area contributed by atoms with Gasteiger partial charge in [-0.3, -0.25) is 4.79 Å². The predicted octanol–water partition coefficient (Wildman–Crippen LogP) is -0.320. The van der Waals surface area contributed by atoms with Gasteiger partial charge in [0, 0.05) is 18.4 Å². The molecule has 0 saturated heterocycles. The standard InChI is InChI=1S/C26H25F2NO.2ClH/c27-23-7-3-18(4-8-23)20-14-21(19-5-9-24(28)10-6-19)16-22(15-20)26(30)12-2-17-1-11-25(29)13-17;;/h3-10,14-17,25H,1-2,11-13,29H2;2*1H/p-1/t17-,25-;;/m1../s1. The first kappa shape index (κ1) is 26.0. The van der Waals surface area contributed by atoms with Crippen LogP contribution in [0, 0.1) is 17.6 Å². The molecule has 4 rings (SSSR count). The highest BCUT2D eigenvalue weighted by Crippen LogP contribution is 2.31. The Balaban J connectivity index is 0.00000181. The maximum absolute atomic E-state index is 13.4. The summed E-state index contributed by atoms with van der Waals surface area (Å²) in [5.74, 6) is 0.0816. The zero-order valence-electron chi connectivity index (χ0n) is 17.7. The molecule has 2 nitrogen and oxygen atoms in total. The second kappa shape index (κ2) is 11.6. The van der Waals surface area contributed by atoms with Crippen molar-refractivity contribution in [2.24, 2.45) is 5.92 Å². The number of Topliss-reactive ketones (excluding diaryl/α,β-unsaturated/α-hetero) is 1. The van der Waals surface area contributed by atoms with E-state index in [9.17, 15) is 13.6 Å². The van der Waals surface area contributed by atoms with Crippen molar-refractivity contribution in [2.45, 2.75) is 38.1 Å². The third-order valence-corrected chi connectivity index (χ3v) is 6.04. The van der Waals surface area contributed by atoms with E-state index in [0.717, 1.165) is 47.9 Å². The lowest BCUT2D eigenvalue weighted by Gasteiger charge is -2.12. The second-order valence-corrected chi connectivity index (χ2v) is 8.32. The number of quaternary nitrogens is 1. The lowest BCUT2D eigenvalue weighted by atomic mass is 9.92. The van der Waals surface area contributed by atoms with Crippen LogP contribution in [0.4, 0.5) is 8.78 Å². The maximum Gasteiger partial charge on any atom is 0.162 e. The fourth-order valence-electron chi connectivity index (χ4n) is 4.33. The van der Waals surface area contributed by atoms with Crippen LogP contribution >= 0.6 is 0 Å². The monoisotopic (exact) mass is 476 g/mol. The van der Waals surface area contributed by atoms with Gasteiger partial charge in [-0.25, -0.2) is 8.78 Å². The van der Waals surface area contributed by atoms with E-state index in [1.165, 1.54) is 24.3 Å². The smallest absolute Gasteiger partial charge is 0.162 e. The van der Waals surface area contributed by atoms with E-state index >= 15 is 0 Å². The van der Waals surface area contributed by atoms with Crippen molar-refractivity contribution in [1.82, 2.24) is 0 Å². The molecule has 2 atom stereocenters. The first-order valence-corrected chi connectivity index (χ1v) is 10.5. The zero-order valence-corrected chi connectivity index (χ0v) is 19.2. The van der Waals surface area contributed by atoms with Crippen molar-refractivity contribution in [3.8, 4) is 22.3 Å². The molecule has 3 aromatic rings. The first-order valence-electron chi connectivity index (χ1n) is 10.5. The number of carbonyl (C=O) groups excluding carboxylic acids is 1. The SMILES string of the molecule is [Cl-].[Cl-].[NH3+][C@@H]1CC[C@H](CCC(=O)c2cc(-c3ccc(F)cc3)cc(-c3ccc(F)cc3)c2)C1. The van der Waals surface area contributed by atoms with Crippen LogP contribution in [-0.4, -0.2) is 11.8 Å². The molecule has 0 aromatic heterocycles. The topological polar surface area (TPSA) is 44.7 Å². The third-order valence-electron chi connectivity index (χ3n) is 6.04. The number of halogens is 4. The lowest BCUT2D eigenvalue weighted by molar-refractivity contribution is -0.417. The molecule has 32 heavy (non-hydrogen) atoms. The molecular formula is C26H26Cl2F2NO-. The molecule has 0 spiro atoms. The first-order chi connectivity index (χ1) is 14.5. The van der Waals surface area contributed by atoms with Crippen LogP contribution in [-0.2, 0) is 0 Å². The van der Waals surface area contributed by atoms with Crippen LogP contribution in [0.5, 0.6) is 0 Å². The molecule has 0 bridgehead atoms. The van der Waals surface area contributed by atoms with E-state index in [1.807, 2.05) is 18.2 Å². The molecule has 3 N–H and O–H groups in total. The van der Waals surface area contributed by atoms with Crippen LogP contribution in [0.1, 0.15) is 42.5 Å². The van der Waals surface area contributed by atoms with E-state index in [0.29, 0.717) is 23.9 Å². The Morgan fingerprint density at radius 3 is 1.72 bits per heavy atom. The summed E-state index contributed by atoms with van der Waals surface area (Å²) in [4.78, 5) is 13.0. The van der Waals surface area contributed by atoms with Gasteiger partial charge in [0.25, 0.3) is 0 Å². The summed E-state index contributed by atoms with van der Waals surface area (Å²) in [5.41, 5.74) is 8.15. The van der Waals surface area contributed by atoms with E-state index in [1.54, 1.807) is 24.3 Å². The Hall–Kier alpha value is -2.27. The van der Waals surface area contributed by atoms with Crippen LogP contribution < -0.4 is 30.5 Å². The van der Waals surface area contributed by atoms with Crippen LogP contribution in [0.2, 0.25) is 0 Å². The largest absolute Gasteiger partial charge is 1.00 e. The van der Waals surface area contributed by atoms with Crippen LogP contribution in [0.15, 0.2) is 66.7 Å². The molecule has 0 radical (unpaired) electrons. The molecule has 0 aliphatic heterocycles. The van der Waals surface area contributed by atoms with Gasteiger partial charge in [0.1, 0.15) is 11.6 Å². The average molecular weight is 477 g/mol. The maximum atomic E-state index is 13.4. The van der Waals surface area contributed by atoms with Gasteiger partial charge in [-0.05, 0) is 89.9 Å². The molecule has 1 aliphatic rings. The third kappa shape index (κ3) is 6.38. The van der Waals surface area contributed by atoms with Gasteiger partial charge in [0.15, 0.2) is 5.78 Å². The minimum atomic E-state index is -0.301. The van der Waals surface area contributed by atoms with Crippen molar-refractivity contribution in [1.29, 1.82) is 0 Å². The van der Waals surface area contributed by atoms with Crippen molar-refractivity contribution in [3.63, 3.8) is 0 Å². The molecule has 1 fully saturated rings. The van der Waals surface area contributed by atoms with Gasteiger partial charge >= 0.3 is 0 Å². The van der Waals surface area contributed by atoms with E-state index in [2.05, 4.69) is 5.73 Å². The fraction of sp³-hybridized carbons (Fsp3) is 0.269. The molecule has 3 aromatic carbocycles. The van der Waals surface area contributed by atoms with Gasteiger partial charge in [-0.1, -0.05) is 24.3 Å². The number of hydrogen-bond donors (Lipinski definition) is 1. The Bertz CT molecular complexity index is 975. The number of carbonyl (C=O) groups is 1. The summed E-state index contributed by atoms with van der Waals surface area (Å²) >= 11 is 0. The molecule has 1 aliphatic carbocycles. The Kier molecular flexibility index (Phi) is 9.38. The molecule has 0 amide bonds. The Labute approximate surface area is 200 Å².